The van der Waals surface area contributed by atoms with Crippen LogP contribution in [0.25, 0.3) is 4.91 Å². The molecule has 3 aromatic rings. The van der Waals surface area contributed by atoms with Gasteiger partial charge in [-0.05, 0) is 0 Å². The predicted octanol–water partition coefficient (Wildman–Crippen LogP) is 3.80. The molecular weight excluding hydrogens is 395 g/mol. The zero-order valence-electron chi connectivity index (χ0n) is 13.8. The Morgan fingerprint density at radius 2 is 1.36 bits per heavy atom. The first-order valence-electron chi connectivity index (χ1n) is 7.86. The molecule has 0 radical (unpaired) electrons. The van der Waals surface area contributed by atoms with Crippen molar-refractivity contribution >= 4 is 34.2 Å². The van der Waals surface area contributed by atoms with E-state index < -0.39 is 9.84 Å². The normalized spacial score (nSPS) is 12.1. The van der Waals surface area contributed by atoms with E-state index in [4.69, 9.17) is 0 Å². The molecule has 0 unspecified atom stereocenters. The molecule has 0 aliphatic rings. The molecule has 126 valence electrons. The van der Waals surface area contributed by atoms with Gasteiger partial charge in [0.2, 0.25) is 0 Å². The van der Waals surface area contributed by atoms with E-state index in [1.54, 1.807) is 12.1 Å². The summed E-state index contributed by atoms with van der Waals surface area (Å²) in [4.78, 5) is 2.57. The van der Waals surface area contributed by atoms with Crippen LogP contribution in [0, 0.1) is 6.92 Å². The van der Waals surface area contributed by atoms with E-state index in [-0.39, 0.29) is 15.0 Å². The minimum atomic E-state index is -3.56. The molecule has 4 heteroatoms. The summed E-state index contributed by atoms with van der Waals surface area (Å²) in [6.07, 6.45) is 0. The average molecular weight is 413 g/mol. The average Bonchev–Trinajstić information content (AvgIpc) is 2.64. The zero-order chi connectivity index (χ0) is 17.7. The molecule has 0 fully saturated rings. The van der Waals surface area contributed by atoms with Crippen LogP contribution in [-0.2, 0) is 9.84 Å². The standard InChI is InChI=1S/C21H18O2SSe/c1-17-12-14-19(15-13-17)24(22,23)21(18-8-4-2-5-9-18)16-25-20-10-6-3-7-11-20/h2-16H,1H3/b21-16-. The van der Waals surface area contributed by atoms with Gasteiger partial charge < -0.3 is 0 Å². The van der Waals surface area contributed by atoms with Crippen LogP contribution in [0.2, 0.25) is 0 Å². The molecular formula is C21H18O2SSe. The molecule has 0 heterocycles. The molecule has 0 bridgehead atoms. The van der Waals surface area contributed by atoms with Crippen LogP contribution in [-0.4, -0.2) is 23.4 Å². The van der Waals surface area contributed by atoms with Crippen molar-refractivity contribution in [2.75, 3.05) is 0 Å². The molecule has 2 nitrogen and oxygen atoms in total. The summed E-state index contributed by atoms with van der Waals surface area (Å²) in [5, 5.41) is 0. The number of benzene rings is 3. The first kappa shape index (κ1) is 17.7. The number of rotatable bonds is 5. The van der Waals surface area contributed by atoms with Gasteiger partial charge in [0.05, 0.1) is 0 Å². The van der Waals surface area contributed by atoms with E-state index in [0.29, 0.717) is 9.80 Å². The molecule has 3 aromatic carbocycles. The fourth-order valence-corrected chi connectivity index (χ4v) is 6.18. The topological polar surface area (TPSA) is 34.1 Å². The van der Waals surface area contributed by atoms with Gasteiger partial charge in [0.15, 0.2) is 0 Å². The molecule has 0 saturated heterocycles. The van der Waals surface area contributed by atoms with Crippen molar-refractivity contribution in [1.29, 1.82) is 0 Å². The summed E-state index contributed by atoms with van der Waals surface area (Å²) in [5.74, 6) is 0. The third-order valence-corrected chi connectivity index (χ3v) is 7.77. The summed E-state index contributed by atoms with van der Waals surface area (Å²) in [7, 11) is -3.56. The van der Waals surface area contributed by atoms with Gasteiger partial charge in [-0.3, -0.25) is 0 Å². The van der Waals surface area contributed by atoms with Gasteiger partial charge in [-0.25, -0.2) is 0 Å². The first-order chi connectivity index (χ1) is 12.1. The van der Waals surface area contributed by atoms with Gasteiger partial charge >= 0.3 is 155 Å². The first-order valence-corrected chi connectivity index (χ1v) is 11.2. The Kier molecular flexibility index (Phi) is 5.54. The second kappa shape index (κ2) is 7.83. The molecule has 0 N–H and O–H groups in total. The van der Waals surface area contributed by atoms with Gasteiger partial charge in [-0.2, -0.15) is 0 Å². The minimum absolute atomic E-state index is 0.0653. The van der Waals surface area contributed by atoms with E-state index in [9.17, 15) is 8.42 Å². The summed E-state index contributed by atoms with van der Waals surface area (Å²) in [6.45, 7) is 1.95. The van der Waals surface area contributed by atoms with E-state index >= 15 is 0 Å². The zero-order valence-corrected chi connectivity index (χ0v) is 16.3. The molecule has 25 heavy (non-hydrogen) atoms. The van der Waals surface area contributed by atoms with Crippen LogP contribution in [0.4, 0.5) is 0 Å². The van der Waals surface area contributed by atoms with Crippen LogP contribution >= 0.6 is 0 Å². The second-order valence-corrected chi connectivity index (χ2v) is 9.49. The van der Waals surface area contributed by atoms with Crippen molar-refractivity contribution < 1.29 is 8.42 Å². The third kappa shape index (κ3) is 4.29. The van der Waals surface area contributed by atoms with Gasteiger partial charge in [0, 0.05) is 0 Å². The van der Waals surface area contributed by atoms with Gasteiger partial charge in [0.1, 0.15) is 0 Å². The van der Waals surface area contributed by atoms with Gasteiger partial charge in [-0.1, -0.05) is 0 Å². The summed E-state index contributed by atoms with van der Waals surface area (Å²) in [5.41, 5.74) is 1.76. The van der Waals surface area contributed by atoms with E-state index in [0.717, 1.165) is 15.6 Å². The van der Waals surface area contributed by atoms with Gasteiger partial charge in [0.25, 0.3) is 0 Å². The molecule has 0 aliphatic heterocycles. The quantitative estimate of drug-likeness (QED) is 0.597. The third-order valence-electron chi connectivity index (χ3n) is 3.72. The number of hydrogen-bond acceptors (Lipinski definition) is 2. The molecule has 3 rings (SSSR count). The Morgan fingerprint density at radius 3 is 1.96 bits per heavy atom. The van der Waals surface area contributed by atoms with Crippen LogP contribution in [0.5, 0.6) is 0 Å². The number of sulfone groups is 1. The molecule has 0 atom stereocenters. The Balaban J connectivity index is 2.06. The summed E-state index contributed by atoms with van der Waals surface area (Å²) < 4.78 is 27.6. The van der Waals surface area contributed by atoms with Crippen molar-refractivity contribution in [3.8, 4) is 0 Å². The fraction of sp³-hybridized carbons (Fsp3) is 0.0476. The SMILES string of the molecule is Cc1ccc(S(=O)(=O)/C(=C\[Se]c2ccccc2)c2ccccc2)cc1. The van der Waals surface area contributed by atoms with E-state index in [1.165, 1.54) is 0 Å². The Hall–Kier alpha value is -2.13. The van der Waals surface area contributed by atoms with Gasteiger partial charge in [-0.15, -0.1) is 0 Å². The van der Waals surface area contributed by atoms with E-state index in [2.05, 4.69) is 0 Å². The van der Waals surface area contributed by atoms with Crippen LogP contribution in [0.3, 0.4) is 0 Å². The van der Waals surface area contributed by atoms with Crippen molar-refractivity contribution in [2.24, 2.45) is 0 Å². The second-order valence-electron chi connectivity index (χ2n) is 5.60. The van der Waals surface area contributed by atoms with Crippen LogP contribution in [0.15, 0.2) is 94.8 Å². The Labute approximate surface area is 155 Å². The van der Waals surface area contributed by atoms with Crippen molar-refractivity contribution in [3.05, 3.63) is 101 Å². The van der Waals surface area contributed by atoms with Crippen molar-refractivity contribution in [3.63, 3.8) is 0 Å². The van der Waals surface area contributed by atoms with Crippen molar-refractivity contribution in [1.82, 2.24) is 0 Å². The van der Waals surface area contributed by atoms with Crippen LogP contribution < -0.4 is 4.46 Å². The molecule has 0 aromatic heterocycles. The van der Waals surface area contributed by atoms with Crippen LogP contribution in [0.1, 0.15) is 11.1 Å². The summed E-state index contributed by atoms with van der Waals surface area (Å²) in [6, 6.07) is 26.3. The Bertz CT molecular complexity index is 961. The maximum absolute atomic E-state index is 13.2. The number of hydrogen-bond donors (Lipinski definition) is 0. The molecule has 0 saturated carbocycles. The maximum atomic E-state index is 13.2. The summed E-state index contributed by atoms with van der Waals surface area (Å²) >= 11 is -0.0653. The number of aryl methyl sites for hydroxylation is 1. The molecule has 0 amide bonds. The monoisotopic (exact) mass is 414 g/mol. The molecule has 0 aliphatic carbocycles. The van der Waals surface area contributed by atoms with E-state index in [1.807, 2.05) is 84.7 Å². The van der Waals surface area contributed by atoms with Crippen molar-refractivity contribution in [2.45, 2.75) is 11.8 Å². The molecule has 0 spiro atoms. The fourth-order valence-electron chi connectivity index (χ4n) is 2.35. The Morgan fingerprint density at radius 1 is 0.800 bits per heavy atom. The predicted molar refractivity (Wildman–Crippen MR) is 105 cm³/mol.